The Balaban J connectivity index is 1.54. The summed E-state index contributed by atoms with van der Waals surface area (Å²) in [6.07, 6.45) is 4.23. The van der Waals surface area contributed by atoms with E-state index in [4.69, 9.17) is 4.74 Å². The summed E-state index contributed by atoms with van der Waals surface area (Å²) < 4.78 is 64.5. The van der Waals surface area contributed by atoms with Crippen molar-refractivity contribution in [3.8, 4) is 0 Å². The highest BCUT2D eigenvalue weighted by Crippen LogP contribution is 2.70. The molecule has 4 bridgehead atoms. The van der Waals surface area contributed by atoms with Gasteiger partial charge >= 0.3 is 11.8 Å². The molecule has 6 heteroatoms. The zero-order valence-electron chi connectivity index (χ0n) is 14.1. The number of ether oxygens (including phenoxy) is 1. The second-order valence-corrected chi connectivity index (χ2v) is 9.19. The number of fused-ring (bicyclic) bond motifs is 6. The van der Waals surface area contributed by atoms with Gasteiger partial charge in [-0.05, 0) is 64.2 Å². The molecule has 6 rings (SSSR count). The minimum atomic E-state index is -4.02. The number of hydrogen-bond donors (Lipinski definition) is 1. The van der Waals surface area contributed by atoms with E-state index in [-0.39, 0.29) is 32.3 Å². The van der Waals surface area contributed by atoms with Gasteiger partial charge in [-0.1, -0.05) is 6.92 Å². The predicted molar refractivity (Wildman–Crippen MR) is 80.2 cm³/mol. The van der Waals surface area contributed by atoms with Crippen LogP contribution in [0.2, 0.25) is 0 Å². The van der Waals surface area contributed by atoms with E-state index < -0.39 is 33.9 Å². The summed E-state index contributed by atoms with van der Waals surface area (Å²) in [6, 6.07) is 0. The molecule has 0 atom stereocenters. The van der Waals surface area contributed by atoms with Gasteiger partial charge in [0.1, 0.15) is 0 Å². The first-order valence-electron chi connectivity index (χ1n) is 9.11. The molecule has 0 aromatic heterocycles. The van der Waals surface area contributed by atoms with Gasteiger partial charge in [-0.15, -0.1) is 0 Å². The van der Waals surface area contributed by atoms with Crippen molar-refractivity contribution in [1.82, 2.24) is 0 Å². The number of aliphatic hydroxyl groups is 1. The van der Waals surface area contributed by atoms with Crippen molar-refractivity contribution in [1.29, 1.82) is 0 Å². The van der Waals surface area contributed by atoms with E-state index >= 15 is 0 Å². The smallest absolute Gasteiger partial charge is 0.318 e. The molecule has 0 aromatic rings. The van der Waals surface area contributed by atoms with E-state index in [9.17, 15) is 22.7 Å². The van der Waals surface area contributed by atoms with Crippen molar-refractivity contribution < 1.29 is 27.4 Å². The summed E-state index contributed by atoms with van der Waals surface area (Å²) in [6.45, 7) is 1.01. The Labute approximate surface area is 139 Å². The molecule has 2 nitrogen and oxygen atoms in total. The Hall–Kier alpha value is -0.360. The van der Waals surface area contributed by atoms with E-state index in [1.165, 1.54) is 6.92 Å². The maximum absolute atomic E-state index is 14.8. The highest BCUT2D eigenvalue weighted by molar-refractivity contribution is 5.17. The molecule has 0 heterocycles. The lowest BCUT2D eigenvalue weighted by Crippen LogP contribution is -2.70. The fraction of sp³-hybridized carbons (Fsp3) is 1.00. The molecule has 0 aliphatic heterocycles. The second kappa shape index (κ2) is 4.67. The monoisotopic (exact) mass is 350 g/mol. The first-order chi connectivity index (χ1) is 11.0. The van der Waals surface area contributed by atoms with Gasteiger partial charge in [-0.25, -0.2) is 0 Å². The van der Waals surface area contributed by atoms with Crippen LogP contribution in [0.1, 0.15) is 71.1 Å². The van der Waals surface area contributed by atoms with Gasteiger partial charge in [0.25, 0.3) is 0 Å². The van der Waals surface area contributed by atoms with Crippen molar-refractivity contribution in [2.45, 2.75) is 94.2 Å². The Bertz CT molecular complexity index is 513. The molecule has 0 amide bonds. The average Bonchev–Trinajstić information content (AvgIpc) is 2.54. The van der Waals surface area contributed by atoms with Crippen LogP contribution in [0.15, 0.2) is 0 Å². The molecule has 24 heavy (non-hydrogen) atoms. The minimum Gasteiger partial charge on any atom is -0.390 e. The molecular formula is C18H26F4O2. The number of hydrogen-bond acceptors (Lipinski definition) is 2. The zero-order valence-corrected chi connectivity index (χ0v) is 14.1. The van der Waals surface area contributed by atoms with Gasteiger partial charge < -0.3 is 9.84 Å². The fourth-order valence-electron chi connectivity index (χ4n) is 5.49. The molecule has 0 unspecified atom stereocenters. The van der Waals surface area contributed by atoms with Crippen LogP contribution in [0.4, 0.5) is 17.6 Å². The van der Waals surface area contributed by atoms with Gasteiger partial charge in [0.05, 0.1) is 23.2 Å². The molecular weight excluding hydrogens is 324 g/mol. The largest absolute Gasteiger partial charge is 0.390 e. The topological polar surface area (TPSA) is 29.5 Å². The van der Waals surface area contributed by atoms with E-state index in [1.807, 2.05) is 0 Å². The Morgan fingerprint density at radius 3 is 1.75 bits per heavy atom. The summed E-state index contributed by atoms with van der Waals surface area (Å²) in [4.78, 5) is 0. The Kier molecular flexibility index (Phi) is 3.32. The van der Waals surface area contributed by atoms with E-state index in [2.05, 4.69) is 0 Å². The first-order valence-corrected chi connectivity index (χ1v) is 9.11. The maximum atomic E-state index is 14.8. The van der Waals surface area contributed by atoms with Crippen LogP contribution in [0.5, 0.6) is 0 Å². The highest BCUT2D eigenvalue weighted by Gasteiger charge is 2.80. The van der Waals surface area contributed by atoms with Crippen LogP contribution in [-0.4, -0.2) is 34.8 Å². The molecule has 6 aliphatic carbocycles. The van der Waals surface area contributed by atoms with Crippen LogP contribution in [0.25, 0.3) is 0 Å². The van der Waals surface area contributed by atoms with Crippen LogP contribution in [-0.2, 0) is 4.74 Å². The van der Waals surface area contributed by atoms with Crippen molar-refractivity contribution in [2.24, 2.45) is 10.8 Å². The van der Waals surface area contributed by atoms with E-state index in [0.717, 1.165) is 0 Å². The molecule has 1 N–H and O–H groups in total. The van der Waals surface area contributed by atoms with Gasteiger partial charge in [0.15, 0.2) is 0 Å². The van der Waals surface area contributed by atoms with E-state index in [0.29, 0.717) is 38.5 Å². The second-order valence-electron chi connectivity index (χ2n) is 9.19. The van der Waals surface area contributed by atoms with Gasteiger partial charge in [0, 0.05) is 5.41 Å². The molecule has 0 saturated heterocycles. The summed E-state index contributed by atoms with van der Waals surface area (Å²) >= 11 is 0. The van der Waals surface area contributed by atoms with E-state index in [1.54, 1.807) is 0 Å². The molecule has 138 valence electrons. The quantitative estimate of drug-likeness (QED) is 0.748. The third-order valence-corrected chi connectivity index (χ3v) is 7.92. The maximum Gasteiger partial charge on any atom is 0.318 e. The summed E-state index contributed by atoms with van der Waals surface area (Å²) in [5.74, 6) is -8.00. The van der Waals surface area contributed by atoms with Crippen LogP contribution in [0, 0.1) is 10.8 Å². The molecule has 6 fully saturated rings. The van der Waals surface area contributed by atoms with Crippen LogP contribution < -0.4 is 0 Å². The molecule has 6 aliphatic rings. The zero-order chi connectivity index (χ0) is 17.5. The third kappa shape index (κ3) is 1.96. The van der Waals surface area contributed by atoms with Gasteiger partial charge in [-0.2, -0.15) is 17.6 Å². The minimum absolute atomic E-state index is 0.103. The Morgan fingerprint density at radius 2 is 1.25 bits per heavy atom. The standard InChI is InChI=1S/C18H26F4O2/c1-13-2-4-14(5-3-13,18(21,22)17(13,19)20)12-24-16-9-6-15(23,7-10-16)8-11-16/h23H,2-12H2,1H3. The molecule has 0 aromatic carbocycles. The van der Waals surface area contributed by atoms with Crippen molar-refractivity contribution in [3.63, 3.8) is 0 Å². The van der Waals surface area contributed by atoms with Crippen LogP contribution >= 0.6 is 0 Å². The van der Waals surface area contributed by atoms with Crippen molar-refractivity contribution in [2.75, 3.05) is 6.61 Å². The number of halogens is 4. The summed E-state index contributed by atoms with van der Waals surface area (Å²) in [5.41, 5.74) is -4.46. The first kappa shape index (κ1) is 17.1. The SMILES string of the molecule is CC12CCC(COC34CCC(O)(CC3)CC4)(CC1)C(F)(F)C2(F)F. The predicted octanol–water partition coefficient (Wildman–Crippen LogP) is 4.69. The fourth-order valence-corrected chi connectivity index (χ4v) is 5.49. The highest BCUT2D eigenvalue weighted by atomic mass is 19.3. The average molecular weight is 350 g/mol. The lowest BCUT2D eigenvalue weighted by Gasteiger charge is -2.61. The third-order valence-electron chi connectivity index (χ3n) is 7.92. The van der Waals surface area contributed by atoms with Crippen molar-refractivity contribution in [3.05, 3.63) is 0 Å². The Morgan fingerprint density at radius 1 is 0.750 bits per heavy atom. The lowest BCUT2D eigenvalue weighted by atomic mass is 9.50. The number of rotatable bonds is 3. The molecule has 0 radical (unpaired) electrons. The normalized spacial score (nSPS) is 51.8. The number of alkyl halides is 4. The van der Waals surface area contributed by atoms with Gasteiger partial charge in [0.2, 0.25) is 0 Å². The molecule has 6 saturated carbocycles. The van der Waals surface area contributed by atoms with Crippen LogP contribution in [0.3, 0.4) is 0 Å². The molecule has 0 spiro atoms. The van der Waals surface area contributed by atoms with Crippen molar-refractivity contribution >= 4 is 0 Å². The summed E-state index contributed by atoms with van der Waals surface area (Å²) in [5, 5.41) is 10.3. The lowest BCUT2D eigenvalue weighted by molar-refractivity contribution is -0.374. The van der Waals surface area contributed by atoms with Gasteiger partial charge in [-0.3, -0.25) is 0 Å². The summed E-state index contributed by atoms with van der Waals surface area (Å²) in [7, 11) is 0.